The van der Waals surface area contributed by atoms with Crippen LogP contribution in [-0.4, -0.2) is 38.6 Å². The first-order valence-electron chi connectivity index (χ1n) is 10.4. The molecule has 3 N–H and O–H groups in total. The molecule has 0 unspecified atom stereocenters. The molecule has 0 saturated carbocycles. The molecule has 0 bridgehead atoms. The molecule has 1 amide bonds. The Hall–Kier alpha value is -1.69. The van der Waals surface area contributed by atoms with Crippen molar-refractivity contribution in [2.45, 2.75) is 39.2 Å². The Morgan fingerprint density at radius 2 is 1.74 bits per heavy atom. The fourth-order valence-corrected chi connectivity index (χ4v) is 5.73. The van der Waals surface area contributed by atoms with E-state index < -0.39 is 0 Å². The molecule has 1 saturated heterocycles. The van der Waals surface area contributed by atoms with Crippen LogP contribution < -0.4 is 15.1 Å². The minimum absolute atomic E-state index is 0.0192. The predicted molar refractivity (Wildman–Crippen MR) is 111 cm³/mol. The highest BCUT2D eigenvalue weighted by molar-refractivity contribution is 7.16. The molecule has 4 nitrogen and oxygen atoms in total. The molecule has 27 heavy (non-hydrogen) atoms. The lowest BCUT2D eigenvalue weighted by Crippen LogP contribution is -3.27. The number of piperazine rings is 1. The number of thiophene rings is 1. The van der Waals surface area contributed by atoms with E-state index in [-0.39, 0.29) is 5.91 Å². The molecule has 0 radical (unpaired) electrons. The Bertz CT molecular complexity index is 778. The van der Waals surface area contributed by atoms with E-state index >= 15 is 0 Å². The molecule has 1 fully saturated rings. The Morgan fingerprint density at radius 3 is 2.48 bits per heavy atom. The van der Waals surface area contributed by atoms with Gasteiger partial charge in [-0.2, -0.15) is 0 Å². The summed E-state index contributed by atoms with van der Waals surface area (Å²) in [5.41, 5.74) is 3.71. The van der Waals surface area contributed by atoms with Gasteiger partial charge in [-0.15, -0.1) is 11.3 Å². The molecule has 144 valence electrons. The van der Waals surface area contributed by atoms with Gasteiger partial charge in [-0.1, -0.05) is 18.2 Å². The van der Waals surface area contributed by atoms with Crippen molar-refractivity contribution >= 4 is 22.2 Å². The third-order valence-electron chi connectivity index (χ3n) is 6.13. The molecule has 2 aromatic rings. The number of carbonyl (C=O) groups is 1. The summed E-state index contributed by atoms with van der Waals surface area (Å²) in [5, 5.41) is 4.36. The topological polar surface area (TPSA) is 38.0 Å². The third kappa shape index (κ3) is 4.26. The second-order valence-electron chi connectivity index (χ2n) is 7.87. The average molecular weight is 386 g/mol. The lowest BCUT2D eigenvalue weighted by atomic mass is 9.95. The lowest BCUT2D eigenvalue weighted by molar-refractivity contribution is -1.02. The van der Waals surface area contributed by atoms with Crippen molar-refractivity contribution in [2.24, 2.45) is 0 Å². The zero-order chi connectivity index (χ0) is 18.6. The molecule has 1 aromatic carbocycles. The Kier molecular flexibility index (Phi) is 5.91. The summed E-state index contributed by atoms with van der Waals surface area (Å²) in [4.78, 5) is 17.6. The van der Waals surface area contributed by atoms with Crippen molar-refractivity contribution in [3.63, 3.8) is 0 Å². The summed E-state index contributed by atoms with van der Waals surface area (Å²) in [6, 6.07) is 9.58. The fraction of sp³-hybridized carbons (Fsp3) is 0.500. The summed E-state index contributed by atoms with van der Waals surface area (Å²) in [5.74, 6) is 0.0192. The minimum atomic E-state index is 0.0192. The second-order valence-corrected chi connectivity index (χ2v) is 8.97. The third-order valence-corrected chi connectivity index (χ3v) is 7.38. The highest BCUT2D eigenvalue weighted by Crippen LogP contribution is 2.38. The molecule has 4 rings (SSSR count). The smallest absolute Gasteiger partial charge is 0.256 e. The van der Waals surface area contributed by atoms with Gasteiger partial charge >= 0.3 is 0 Å². The summed E-state index contributed by atoms with van der Waals surface area (Å²) in [6.45, 7) is 9.59. The SMILES string of the molecule is CC[NH+]1CC[NH+](Cc2c(NC(=O)c3ccccc3)sc3c2CCCC3)CC1. The van der Waals surface area contributed by atoms with Gasteiger partial charge in [0.15, 0.2) is 0 Å². The van der Waals surface area contributed by atoms with Crippen LogP contribution in [0.15, 0.2) is 30.3 Å². The van der Waals surface area contributed by atoms with E-state index in [1.807, 2.05) is 41.7 Å². The number of amides is 1. The normalized spacial score (nSPS) is 22.3. The van der Waals surface area contributed by atoms with Crippen LogP contribution in [-0.2, 0) is 19.4 Å². The van der Waals surface area contributed by atoms with E-state index in [0.29, 0.717) is 0 Å². The van der Waals surface area contributed by atoms with Crippen LogP contribution in [0.3, 0.4) is 0 Å². The number of nitrogens with one attached hydrogen (secondary N) is 3. The number of benzene rings is 1. The fourth-order valence-electron chi connectivity index (χ4n) is 4.42. The predicted octanol–water partition coefficient (Wildman–Crippen LogP) is 1.18. The lowest BCUT2D eigenvalue weighted by Gasteiger charge is -2.29. The van der Waals surface area contributed by atoms with Crippen molar-refractivity contribution in [3.05, 3.63) is 51.9 Å². The Morgan fingerprint density at radius 1 is 1.04 bits per heavy atom. The van der Waals surface area contributed by atoms with Crippen LogP contribution in [0.25, 0.3) is 0 Å². The number of hydrogen-bond donors (Lipinski definition) is 3. The van der Waals surface area contributed by atoms with Gasteiger partial charge < -0.3 is 15.1 Å². The number of anilines is 1. The quantitative estimate of drug-likeness (QED) is 0.711. The van der Waals surface area contributed by atoms with Gasteiger partial charge in [0.05, 0.1) is 6.54 Å². The maximum absolute atomic E-state index is 12.7. The van der Waals surface area contributed by atoms with E-state index in [4.69, 9.17) is 0 Å². The van der Waals surface area contributed by atoms with Crippen molar-refractivity contribution in [1.82, 2.24) is 0 Å². The van der Waals surface area contributed by atoms with Crippen LogP contribution in [0.1, 0.15) is 46.1 Å². The number of carbonyl (C=O) groups excluding carboxylic acids is 1. The molecule has 2 aliphatic rings. The van der Waals surface area contributed by atoms with Crippen LogP contribution in [0.4, 0.5) is 5.00 Å². The van der Waals surface area contributed by atoms with Crippen molar-refractivity contribution in [3.8, 4) is 0 Å². The molecule has 1 aliphatic carbocycles. The van der Waals surface area contributed by atoms with Gasteiger partial charge in [0.1, 0.15) is 37.7 Å². The Labute approximate surface area is 166 Å². The molecule has 0 spiro atoms. The van der Waals surface area contributed by atoms with E-state index in [1.165, 1.54) is 68.8 Å². The second kappa shape index (κ2) is 8.55. The van der Waals surface area contributed by atoms with Gasteiger partial charge in [0.2, 0.25) is 0 Å². The van der Waals surface area contributed by atoms with E-state index in [0.717, 1.165) is 17.1 Å². The van der Waals surface area contributed by atoms with Crippen molar-refractivity contribution in [1.29, 1.82) is 0 Å². The first kappa shape index (κ1) is 18.7. The van der Waals surface area contributed by atoms with Gasteiger partial charge in [-0.05, 0) is 50.3 Å². The molecule has 5 heteroatoms. The number of hydrogen-bond acceptors (Lipinski definition) is 2. The van der Waals surface area contributed by atoms with E-state index in [2.05, 4.69) is 12.2 Å². The molecule has 1 aliphatic heterocycles. The van der Waals surface area contributed by atoms with Crippen molar-refractivity contribution < 1.29 is 14.6 Å². The standard InChI is InChI=1S/C22H29N3OS/c1-2-24-12-14-25(15-13-24)16-19-18-10-6-7-11-20(18)27-22(19)23-21(26)17-8-4-3-5-9-17/h3-5,8-9H,2,6-7,10-16H2,1H3,(H,23,26)/p+2. The summed E-state index contributed by atoms with van der Waals surface area (Å²) in [6.07, 6.45) is 4.93. The van der Waals surface area contributed by atoms with Gasteiger partial charge in [-0.3, -0.25) is 4.79 Å². The summed E-state index contributed by atoms with van der Waals surface area (Å²) < 4.78 is 0. The number of likely N-dealkylation sites (N-methyl/N-ethyl adjacent to an activating group) is 1. The number of fused-ring (bicyclic) bond motifs is 1. The Balaban J connectivity index is 1.54. The van der Waals surface area contributed by atoms with Crippen LogP contribution in [0, 0.1) is 0 Å². The van der Waals surface area contributed by atoms with Gasteiger partial charge in [0.25, 0.3) is 5.91 Å². The summed E-state index contributed by atoms with van der Waals surface area (Å²) >= 11 is 1.83. The van der Waals surface area contributed by atoms with E-state index in [1.54, 1.807) is 15.4 Å². The summed E-state index contributed by atoms with van der Waals surface area (Å²) in [7, 11) is 0. The molecular formula is C22H31N3OS+2. The number of aryl methyl sites for hydroxylation is 1. The highest BCUT2D eigenvalue weighted by atomic mass is 32.1. The first-order valence-corrected chi connectivity index (χ1v) is 11.2. The minimum Gasteiger partial charge on any atom is -0.326 e. The highest BCUT2D eigenvalue weighted by Gasteiger charge is 2.28. The largest absolute Gasteiger partial charge is 0.326 e. The van der Waals surface area contributed by atoms with Crippen LogP contribution >= 0.6 is 11.3 Å². The zero-order valence-corrected chi connectivity index (χ0v) is 17.1. The average Bonchev–Trinajstić information content (AvgIpc) is 3.06. The molecule has 0 atom stereocenters. The van der Waals surface area contributed by atoms with Crippen LogP contribution in [0.2, 0.25) is 0 Å². The molecule has 1 aromatic heterocycles. The molecular weight excluding hydrogens is 354 g/mol. The number of rotatable bonds is 5. The zero-order valence-electron chi connectivity index (χ0n) is 16.3. The van der Waals surface area contributed by atoms with Gasteiger partial charge in [0, 0.05) is 16.0 Å². The molecule has 2 heterocycles. The van der Waals surface area contributed by atoms with Crippen molar-refractivity contribution in [2.75, 3.05) is 38.0 Å². The maximum Gasteiger partial charge on any atom is 0.256 e. The number of quaternary nitrogens is 2. The van der Waals surface area contributed by atoms with Gasteiger partial charge in [-0.25, -0.2) is 0 Å². The monoisotopic (exact) mass is 385 g/mol. The van der Waals surface area contributed by atoms with E-state index in [9.17, 15) is 4.79 Å². The maximum atomic E-state index is 12.7. The van der Waals surface area contributed by atoms with Crippen LogP contribution in [0.5, 0.6) is 0 Å². The first-order chi connectivity index (χ1) is 13.2.